The van der Waals surface area contributed by atoms with Crippen LogP contribution in [0.3, 0.4) is 0 Å². The molecular formula is C17H25NO. The molecule has 0 saturated heterocycles. The zero-order chi connectivity index (χ0) is 13.4. The molecule has 0 heterocycles. The summed E-state index contributed by atoms with van der Waals surface area (Å²) in [5.74, 6) is 2.62. The number of fused-ring (bicyclic) bond motifs is 1. The Balaban J connectivity index is 1.70. The third-order valence-electron chi connectivity index (χ3n) is 4.68. The molecule has 0 aliphatic heterocycles. The zero-order valence-corrected chi connectivity index (χ0v) is 12.1. The molecule has 2 heteroatoms. The van der Waals surface area contributed by atoms with E-state index in [1.807, 2.05) is 0 Å². The van der Waals surface area contributed by atoms with E-state index in [2.05, 4.69) is 32.0 Å². The van der Waals surface area contributed by atoms with Gasteiger partial charge in [0.05, 0.1) is 6.10 Å². The van der Waals surface area contributed by atoms with Crippen LogP contribution in [-0.4, -0.2) is 6.10 Å². The third kappa shape index (κ3) is 2.79. The van der Waals surface area contributed by atoms with Gasteiger partial charge in [0.15, 0.2) is 0 Å². The molecule has 2 aliphatic rings. The van der Waals surface area contributed by atoms with Gasteiger partial charge in [-0.15, -0.1) is 0 Å². The quantitative estimate of drug-likeness (QED) is 0.876. The second-order valence-electron chi connectivity index (χ2n) is 6.66. The molecule has 0 spiro atoms. The van der Waals surface area contributed by atoms with Gasteiger partial charge in [-0.3, -0.25) is 0 Å². The van der Waals surface area contributed by atoms with Gasteiger partial charge in [0.25, 0.3) is 0 Å². The summed E-state index contributed by atoms with van der Waals surface area (Å²) in [5.41, 5.74) is 8.78. The van der Waals surface area contributed by atoms with Gasteiger partial charge in [0, 0.05) is 6.04 Å². The molecule has 3 rings (SSSR count). The Morgan fingerprint density at radius 1 is 1.11 bits per heavy atom. The van der Waals surface area contributed by atoms with E-state index < -0.39 is 0 Å². The fourth-order valence-electron chi connectivity index (χ4n) is 3.86. The summed E-state index contributed by atoms with van der Waals surface area (Å²) in [6.07, 6.45) is 6.31. The Hall–Kier alpha value is -1.02. The second-order valence-corrected chi connectivity index (χ2v) is 6.66. The largest absolute Gasteiger partial charge is 0.490 e. The Labute approximate surface area is 116 Å². The molecule has 2 aliphatic carbocycles. The Bertz CT molecular complexity index is 447. The minimum Gasteiger partial charge on any atom is -0.490 e. The number of hydrogen-bond acceptors (Lipinski definition) is 2. The lowest BCUT2D eigenvalue weighted by Gasteiger charge is -2.31. The molecule has 1 saturated carbocycles. The van der Waals surface area contributed by atoms with Crippen LogP contribution in [0.1, 0.15) is 56.7 Å². The minimum atomic E-state index is 0.235. The van der Waals surface area contributed by atoms with Crippen LogP contribution >= 0.6 is 0 Å². The summed E-state index contributed by atoms with van der Waals surface area (Å²) < 4.78 is 6.22. The summed E-state index contributed by atoms with van der Waals surface area (Å²) >= 11 is 0. The van der Waals surface area contributed by atoms with Crippen LogP contribution in [0.25, 0.3) is 0 Å². The van der Waals surface area contributed by atoms with E-state index in [1.165, 1.54) is 30.4 Å². The van der Waals surface area contributed by atoms with Gasteiger partial charge in [-0.2, -0.15) is 0 Å². The normalized spacial score (nSPS) is 34.1. The van der Waals surface area contributed by atoms with Gasteiger partial charge in [-0.05, 0) is 67.2 Å². The van der Waals surface area contributed by atoms with Gasteiger partial charge in [0.2, 0.25) is 0 Å². The van der Waals surface area contributed by atoms with Gasteiger partial charge in [-0.25, -0.2) is 0 Å². The van der Waals surface area contributed by atoms with Crippen molar-refractivity contribution in [2.24, 2.45) is 17.6 Å². The Morgan fingerprint density at radius 3 is 2.58 bits per heavy atom. The molecule has 0 amide bonds. The van der Waals surface area contributed by atoms with Crippen LogP contribution in [-0.2, 0) is 6.42 Å². The number of aryl methyl sites for hydroxylation is 1. The first kappa shape index (κ1) is 13.0. The fourth-order valence-corrected chi connectivity index (χ4v) is 3.86. The number of nitrogens with two attached hydrogens (primary N) is 1. The molecule has 19 heavy (non-hydrogen) atoms. The van der Waals surface area contributed by atoms with Crippen molar-refractivity contribution in [3.05, 3.63) is 29.3 Å². The molecule has 1 aromatic rings. The zero-order valence-electron chi connectivity index (χ0n) is 12.1. The van der Waals surface area contributed by atoms with E-state index in [1.54, 1.807) is 0 Å². The lowest BCUT2D eigenvalue weighted by Crippen LogP contribution is -2.28. The molecule has 2 nitrogen and oxygen atoms in total. The van der Waals surface area contributed by atoms with Crippen molar-refractivity contribution in [2.45, 2.75) is 58.1 Å². The SMILES string of the molecule is CC1CC(C)CC(Oc2ccc3c(c2)CC[C@@H]3N)C1. The maximum Gasteiger partial charge on any atom is 0.120 e. The van der Waals surface area contributed by atoms with E-state index in [0.29, 0.717) is 6.10 Å². The molecule has 104 valence electrons. The standard InChI is InChI=1S/C17H25NO/c1-11-7-12(2)9-15(8-11)19-14-4-5-16-13(10-14)3-6-17(16)18/h4-5,10-12,15,17H,3,6-9,18H2,1-2H3/t11?,12?,15?,17-/m0/s1. The summed E-state index contributed by atoms with van der Waals surface area (Å²) in [4.78, 5) is 0. The van der Waals surface area contributed by atoms with E-state index in [9.17, 15) is 0 Å². The number of ether oxygens (including phenoxy) is 1. The van der Waals surface area contributed by atoms with Crippen molar-refractivity contribution in [3.63, 3.8) is 0 Å². The van der Waals surface area contributed by atoms with Crippen LogP contribution in [0.5, 0.6) is 5.75 Å². The molecule has 0 aromatic heterocycles. The summed E-state index contributed by atoms with van der Waals surface area (Å²) in [5, 5.41) is 0. The van der Waals surface area contributed by atoms with Gasteiger partial charge in [0.1, 0.15) is 5.75 Å². The van der Waals surface area contributed by atoms with Crippen LogP contribution in [0.4, 0.5) is 0 Å². The number of rotatable bonds is 2. The lowest BCUT2D eigenvalue weighted by molar-refractivity contribution is 0.101. The maximum absolute atomic E-state index is 6.22. The Kier molecular flexibility index (Phi) is 3.53. The second kappa shape index (κ2) is 5.16. The van der Waals surface area contributed by atoms with E-state index in [-0.39, 0.29) is 6.04 Å². The highest BCUT2D eigenvalue weighted by molar-refractivity contribution is 5.40. The average molecular weight is 259 g/mol. The van der Waals surface area contributed by atoms with Gasteiger partial charge >= 0.3 is 0 Å². The van der Waals surface area contributed by atoms with Gasteiger partial charge < -0.3 is 10.5 Å². The van der Waals surface area contributed by atoms with Crippen LogP contribution in [0.15, 0.2) is 18.2 Å². The molecule has 0 bridgehead atoms. The van der Waals surface area contributed by atoms with Crippen LogP contribution in [0, 0.1) is 11.8 Å². The monoisotopic (exact) mass is 259 g/mol. The third-order valence-corrected chi connectivity index (χ3v) is 4.68. The first-order valence-electron chi connectivity index (χ1n) is 7.67. The molecule has 2 N–H and O–H groups in total. The highest BCUT2D eigenvalue weighted by Crippen LogP contribution is 2.34. The van der Waals surface area contributed by atoms with Crippen molar-refractivity contribution in [1.82, 2.24) is 0 Å². The minimum absolute atomic E-state index is 0.235. The first-order chi connectivity index (χ1) is 9.11. The summed E-state index contributed by atoms with van der Waals surface area (Å²) in [6, 6.07) is 6.72. The van der Waals surface area contributed by atoms with Crippen molar-refractivity contribution in [1.29, 1.82) is 0 Å². The number of benzene rings is 1. The first-order valence-corrected chi connectivity index (χ1v) is 7.67. The highest BCUT2D eigenvalue weighted by Gasteiger charge is 2.26. The van der Waals surface area contributed by atoms with Crippen LogP contribution in [0.2, 0.25) is 0 Å². The topological polar surface area (TPSA) is 35.2 Å². The van der Waals surface area contributed by atoms with Crippen LogP contribution < -0.4 is 10.5 Å². The predicted octanol–water partition coefficient (Wildman–Crippen LogP) is 3.84. The highest BCUT2D eigenvalue weighted by atomic mass is 16.5. The molecule has 2 unspecified atom stereocenters. The van der Waals surface area contributed by atoms with Crippen molar-refractivity contribution in [3.8, 4) is 5.75 Å². The average Bonchev–Trinajstić information content (AvgIpc) is 2.69. The predicted molar refractivity (Wildman–Crippen MR) is 78.3 cm³/mol. The molecule has 1 aromatic carbocycles. The smallest absolute Gasteiger partial charge is 0.120 e. The summed E-state index contributed by atoms with van der Waals surface area (Å²) in [6.45, 7) is 4.68. The van der Waals surface area contributed by atoms with Crippen molar-refractivity contribution < 1.29 is 4.74 Å². The van der Waals surface area contributed by atoms with Crippen molar-refractivity contribution >= 4 is 0 Å². The van der Waals surface area contributed by atoms with E-state index >= 15 is 0 Å². The maximum atomic E-state index is 6.22. The van der Waals surface area contributed by atoms with Crippen molar-refractivity contribution in [2.75, 3.05) is 0 Å². The molecular weight excluding hydrogens is 234 g/mol. The van der Waals surface area contributed by atoms with E-state index in [4.69, 9.17) is 10.5 Å². The lowest BCUT2D eigenvalue weighted by atomic mass is 9.82. The molecule has 0 radical (unpaired) electrons. The van der Waals surface area contributed by atoms with E-state index in [0.717, 1.165) is 30.4 Å². The number of hydrogen-bond donors (Lipinski definition) is 1. The molecule has 1 fully saturated rings. The fraction of sp³-hybridized carbons (Fsp3) is 0.647. The molecule has 3 atom stereocenters. The van der Waals surface area contributed by atoms with Gasteiger partial charge in [-0.1, -0.05) is 19.9 Å². The Morgan fingerprint density at radius 2 is 1.84 bits per heavy atom. The summed E-state index contributed by atoms with van der Waals surface area (Å²) in [7, 11) is 0.